The quantitative estimate of drug-likeness (QED) is 0.719. The summed E-state index contributed by atoms with van der Waals surface area (Å²) in [5, 5.41) is 9.93. The van der Waals surface area contributed by atoms with E-state index in [4.69, 9.17) is 10.5 Å². The second-order valence-corrected chi connectivity index (χ2v) is 4.19. The summed E-state index contributed by atoms with van der Waals surface area (Å²) >= 11 is 0. The van der Waals surface area contributed by atoms with Crippen molar-refractivity contribution in [1.82, 2.24) is 0 Å². The van der Waals surface area contributed by atoms with Gasteiger partial charge in [0.15, 0.2) is 0 Å². The Morgan fingerprint density at radius 2 is 2.00 bits per heavy atom. The van der Waals surface area contributed by atoms with Crippen LogP contribution in [0.1, 0.15) is 26.2 Å². The summed E-state index contributed by atoms with van der Waals surface area (Å²) in [4.78, 5) is 0. The molecule has 0 bridgehead atoms. The first kappa shape index (κ1) is 13.9. The number of hydrogen-bond donors (Lipinski definition) is 2. The third kappa shape index (κ3) is 4.71. The van der Waals surface area contributed by atoms with Gasteiger partial charge in [0.05, 0.1) is 12.2 Å². The van der Waals surface area contributed by atoms with Gasteiger partial charge in [-0.3, -0.25) is 0 Å². The molecule has 1 aromatic carbocycles. The molecule has 0 aliphatic carbocycles. The lowest BCUT2D eigenvalue weighted by Gasteiger charge is -2.24. The summed E-state index contributed by atoms with van der Waals surface area (Å²) < 4.78 is 18.0. The minimum absolute atomic E-state index is 0.264. The lowest BCUT2D eigenvalue weighted by molar-refractivity contribution is 0.0309. The maximum absolute atomic E-state index is 12.6. The van der Waals surface area contributed by atoms with E-state index in [-0.39, 0.29) is 12.4 Å². The van der Waals surface area contributed by atoms with Crippen LogP contribution in [0.5, 0.6) is 5.75 Å². The van der Waals surface area contributed by atoms with Crippen molar-refractivity contribution in [1.29, 1.82) is 0 Å². The highest BCUT2D eigenvalue weighted by molar-refractivity contribution is 5.21. The first-order valence-corrected chi connectivity index (χ1v) is 5.90. The van der Waals surface area contributed by atoms with E-state index < -0.39 is 5.60 Å². The molecule has 1 aromatic rings. The summed E-state index contributed by atoms with van der Waals surface area (Å²) in [6.07, 6.45) is 1.97. The van der Waals surface area contributed by atoms with Gasteiger partial charge in [-0.15, -0.1) is 0 Å². The van der Waals surface area contributed by atoms with Gasteiger partial charge in [-0.1, -0.05) is 6.92 Å². The molecule has 0 radical (unpaired) electrons. The second-order valence-electron chi connectivity index (χ2n) is 4.19. The van der Waals surface area contributed by atoms with Crippen molar-refractivity contribution in [3.05, 3.63) is 30.1 Å². The van der Waals surface area contributed by atoms with Crippen LogP contribution in [0.15, 0.2) is 24.3 Å². The molecular formula is C13H20FNO2. The highest BCUT2D eigenvalue weighted by atomic mass is 19.1. The molecule has 0 saturated heterocycles. The van der Waals surface area contributed by atoms with Gasteiger partial charge < -0.3 is 15.6 Å². The number of halogens is 1. The zero-order valence-corrected chi connectivity index (χ0v) is 10.2. The van der Waals surface area contributed by atoms with Crippen LogP contribution in [-0.2, 0) is 0 Å². The van der Waals surface area contributed by atoms with Crippen LogP contribution >= 0.6 is 0 Å². The van der Waals surface area contributed by atoms with Crippen molar-refractivity contribution >= 4 is 0 Å². The van der Waals surface area contributed by atoms with Gasteiger partial charge >= 0.3 is 0 Å². The third-order valence-corrected chi connectivity index (χ3v) is 2.91. The van der Waals surface area contributed by atoms with Gasteiger partial charge in [0, 0.05) is 6.54 Å². The van der Waals surface area contributed by atoms with E-state index in [1.807, 2.05) is 6.92 Å². The van der Waals surface area contributed by atoms with E-state index >= 15 is 0 Å². The topological polar surface area (TPSA) is 55.5 Å². The van der Waals surface area contributed by atoms with E-state index in [9.17, 15) is 9.50 Å². The van der Waals surface area contributed by atoms with E-state index in [0.29, 0.717) is 25.2 Å². The van der Waals surface area contributed by atoms with Crippen LogP contribution in [0, 0.1) is 5.82 Å². The van der Waals surface area contributed by atoms with Gasteiger partial charge in [-0.2, -0.15) is 0 Å². The van der Waals surface area contributed by atoms with E-state index in [2.05, 4.69) is 0 Å². The lowest BCUT2D eigenvalue weighted by Crippen LogP contribution is -2.37. The fourth-order valence-electron chi connectivity index (χ4n) is 1.55. The fraction of sp³-hybridized carbons (Fsp3) is 0.538. The summed E-state index contributed by atoms with van der Waals surface area (Å²) in [6.45, 7) is 2.67. The zero-order chi connectivity index (χ0) is 12.7. The van der Waals surface area contributed by atoms with Gasteiger partial charge in [0.2, 0.25) is 0 Å². The standard InChI is InChI=1S/C13H20FNO2/c1-2-13(16,10-15)8-3-9-17-12-6-4-11(14)5-7-12/h4-7,16H,2-3,8-10,15H2,1H3. The zero-order valence-electron chi connectivity index (χ0n) is 10.2. The Balaban J connectivity index is 2.26. The second kappa shape index (κ2) is 6.57. The maximum atomic E-state index is 12.6. The number of rotatable bonds is 7. The minimum Gasteiger partial charge on any atom is -0.494 e. The van der Waals surface area contributed by atoms with Crippen molar-refractivity contribution in [2.45, 2.75) is 31.8 Å². The molecule has 0 amide bonds. The average Bonchev–Trinajstić information content (AvgIpc) is 2.36. The van der Waals surface area contributed by atoms with Crippen molar-refractivity contribution < 1.29 is 14.2 Å². The smallest absolute Gasteiger partial charge is 0.123 e. The Morgan fingerprint density at radius 3 is 2.53 bits per heavy atom. The average molecular weight is 241 g/mol. The molecule has 0 spiro atoms. The summed E-state index contributed by atoms with van der Waals surface area (Å²) in [5.74, 6) is 0.361. The van der Waals surface area contributed by atoms with Crippen LogP contribution < -0.4 is 10.5 Å². The molecule has 1 atom stereocenters. The van der Waals surface area contributed by atoms with Crippen molar-refractivity contribution in [2.75, 3.05) is 13.2 Å². The number of hydrogen-bond acceptors (Lipinski definition) is 3. The van der Waals surface area contributed by atoms with E-state index in [0.717, 1.165) is 6.42 Å². The number of benzene rings is 1. The molecule has 0 aromatic heterocycles. The lowest BCUT2D eigenvalue weighted by atomic mass is 9.95. The Bertz CT molecular complexity index is 323. The molecular weight excluding hydrogens is 221 g/mol. The summed E-state index contributed by atoms with van der Waals surface area (Å²) in [7, 11) is 0. The summed E-state index contributed by atoms with van der Waals surface area (Å²) in [5.41, 5.74) is 4.71. The SMILES string of the molecule is CCC(O)(CN)CCCOc1ccc(F)cc1. The monoisotopic (exact) mass is 241 g/mol. The van der Waals surface area contributed by atoms with Crippen molar-refractivity contribution in [2.24, 2.45) is 5.73 Å². The first-order valence-electron chi connectivity index (χ1n) is 5.90. The molecule has 0 aliphatic rings. The van der Waals surface area contributed by atoms with Crippen LogP contribution in [0.3, 0.4) is 0 Å². The predicted molar refractivity (Wildman–Crippen MR) is 65.4 cm³/mol. The van der Waals surface area contributed by atoms with Crippen LogP contribution in [0.25, 0.3) is 0 Å². The molecule has 1 rings (SSSR count). The van der Waals surface area contributed by atoms with Crippen LogP contribution in [0.2, 0.25) is 0 Å². The molecule has 17 heavy (non-hydrogen) atoms. The van der Waals surface area contributed by atoms with Gasteiger partial charge in [-0.25, -0.2) is 4.39 Å². The molecule has 1 unspecified atom stereocenters. The van der Waals surface area contributed by atoms with Crippen molar-refractivity contribution in [3.8, 4) is 5.75 Å². The number of aliphatic hydroxyl groups is 1. The van der Waals surface area contributed by atoms with E-state index in [1.54, 1.807) is 12.1 Å². The Morgan fingerprint density at radius 1 is 1.35 bits per heavy atom. The minimum atomic E-state index is -0.786. The molecule has 3 nitrogen and oxygen atoms in total. The highest BCUT2D eigenvalue weighted by Gasteiger charge is 2.21. The number of ether oxygens (including phenoxy) is 1. The van der Waals surface area contributed by atoms with Crippen LogP contribution in [-0.4, -0.2) is 23.9 Å². The molecule has 3 N–H and O–H groups in total. The van der Waals surface area contributed by atoms with Crippen LogP contribution in [0.4, 0.5) is 4.39 Å². The summed E-state index contributed by atoms with van der Waals surface area (Å²) in [6, 6.07) is 5.89. The van der Waals surface area contributed by atoms with Crippen molar-refractivity contribution in [3.63, 3.8) is 0 Å². The molecule has 0 fully saturated rings. The normalized spacial score (nSPS) is 14.4. The number of nitrogens with two attached hydrogens (primary N) is 1. The first-order chi connectivity index (χ1) is 8.09. The fourth-order valence-corrected chi connectivity index (χ4v) is 1.55. The third-order valence-electron chi connectivity index (χ3n) is 2.91. The van der Waals surface area contributed by atoms with Gasteiger partial charge in [-0.05, 0) is 43.5 Å². The predicted octanol–water partition coefficient (Wildman–Crippen LogP) is 2.08. The molecule has 0 aliphatic heterocycles. The highest BCUT2D eigenvalue weighted by Crippen LogP contribution is 2.17. The molecule has 0 saturated carbocycles. The Hall–Kier alpha value is -1.13. The van der Waals surface area contributed by atoms with Gasteiger partial charge in [0.25, 0.3) is 0 Å². The van der Waals surface area contributed by atoms with Gasteiger partial charge in [0.1, 0.15) is 11.6 Å². The molecule has 4 heteroatoms. The Kier molecular flexibility index (Phi) is 5.38. The largest absolute Gasteiger partial charge is 0.494 e. The molecule has 96 valence electrons. The molecule has 0 heterocycles. The maximum Gasteiger partial charge on any atom is 0.123 e. The Labute approximate surface area is 101 Å². The van der Waals surface area contributed by atoms with E-state index in [1.165, 1.54) is 12.1 Å².